The highest BCUT2D eigenvalue weighted by Crippen LogP contribution is 2.40. The normalized spacial score (nSPS) is 33.9. The van der Waals surface area contributed by atoms with Gasteiger partial charge in [-0.05, 0) is 12.1 Å². The first-order valence-corrected chi connectivity index (χ1v) is 6.57. The lowest BCUT2D eigenvalue weighted by Gasteiger charge is -2.20. The van der Waals surface area contributed by atoms with Crippen molar-refractivity contribution in [2.75, 3.05) is 0 Å². The maximum Gasteiger partial charge on any atom is 0.407 e. The number of nitrogens with one attached hydrogen (secondary N) is 1. The van der Waals surface area contributed by atoms with Crippen molar-refractivity contribution in [3.63, 3.8) is 0 Å². The number of ether oxygens (including phenoxy) is 1. The van der Waals surface area contributed by atoms with Gasteiger partial charge in [-0.3, -0.25) is 4.79 Å². The number of hydrogen-bond donors (Lipinski definition) is 2. The molecule has 0 bridgehead atoms. The van der Waals surface area contributed by atoms with Crippen LogP contribution < -0.4 is 11.1 Å². The summed E-state index contributed by atoms with van der Waals surface area (Å²) in [7, 11) is 0. The highest BCUT2D eigenvalue weighted by Gasteiger charge is 2.50. The van der Waals surface area contributed by atoms with Crippen LogP contribution in [0.5, 0.6) is 0 Å². The monoisotopic (exact) mass is 313 g/mol. The third-order valence-corrected chi connectivity index (χ3v) is 4.70. The molecule has 2 fully saturated rings. The van der Waals surface area contributed by atoms with Gasteiger partial charge >= 0.3 is 6.09 Å². The van der Waals surface area contributed by atoms with Crippen LogP contribution in [0.1, 0.15) is 23.0 Å². The molecule has 0 spiro atoms. The highest BCUT2D eigenvalue weighted by atomic mass is 79.9. The molecule has 0 aromatic carbocycles. The molecule has 1 aromatic rings. The van der Waals surface area contributed by atoms with Crippen LogP contribution in [0, 0.1) is 0 Å². The van der Waals surface area contributed by atoms with Gasteiger partial charge in [-0.15, -0.1) is 0 Å². The summed E-state index contributed by atoms with van der Waals surface area (Å²) in [6.07, 6.45) is 1.95. The van der Waals surface area contributed by atoms with Crippen LogP contribution in [-0.4, -0.2) is 33.5 Å². The quantitative estimate of drug-likeness (QED) is 0.791. The van der Waals surface area contributed by atoms with E-state index < -0.39 is 5.91 Å². The second kappa shape index (κ2) is 4.01. The van der Waals surface area contributed by atoms with Gasteiger partial charge in [0.25, 0.3) is 5.91 Å². The summed E-state index contributed by atoms with van der Waals surface area (Å²) < 4.78 is 7.02. The van der Waals surface area contributed by atoms with E-state index in [9.17, 15) is 9.59 Å². The molecule has 0 radical (unpaired) electrons. The van der Waals surface area contributed by atoms with Crippen molar-refractivity contribution in [1.29, 1.82) is 0 Å². The van der Waals surface area contributed by atoms with E-state index in [-0.39, 0.29) is 29.1 Å². The number of nitrogens with two attached hydrogens (primary N) is 1. The van der Waals surface area contributed by atoms with Gasteiger partial charge in [0, 0.05) is 12.6 Å². The van der Waals surface area contributed by atoms with Crippen LogP contribution in [0.4, 0.5) is 4.79 Å². The van der Waals surface area contributed by atoms with Crippen LogP contribution >= 0.6 is 15.9 Å². The Morgan fingerprint density at radius 2 is 2.39 bits per heavy atom. The number of carbonyl (C=O) groups excluding carboxylic acids is 2. The molecule has 18 heavy (non-hydrogen) atoms. The number of rotatable bonds is 2. The number of aromatic nitrogens is 1. The molecule has 1 aliphatic heterocycles. The second-order valence-corrected chi connectivity index (χ2v) is 5.58. The molecule has 2 heterocycles. The van der Waals surface area contributed by atoms with E-state index in [4.69, 9.17) is 10.5 Å². The molecular weight excluding hydrogens is 302 g/mol. The summed E-state index contributed by atoms with van der Waals surface area (Å²) in [4.78, 5) is 22.5. The van der Waals surface area contributed by atoms with Crippen LogP contribution in [0.3, 0.4) is 0 Å². The third-order valence-electron chi connectivity index (χ3n) is 3.52. The van der Waals surface area contributed by atoms with Crippen molar-refractivity contribution in [2.45, 2.75) is 29.4 Å². The predicted molar refractivity (Wildman–Crippen MR) is 66.5 cm³/mol. The van der Waals surface area contributed by atoms with E-state index in [2.05, 4.69) is 21.2 Å². The van der Waals surface area contributed by atoms with Crippen LogP contribution in [0.15, 0.2) is 18.3 Å². The van der Waals surface area contributed by atoms with Crippen LogP contribution in [0.2, 0.25) is 0 Å². The van der Waals surface area contributed by atoms with Gasteiger partial charge in [0.05, 0.1) is 16.9 Å². The SMILES string of the molecule is NC(=O)c1cccn1[C@@H]1C[C@H]2OC(=O)N[C@H]2[C@H]1Br. The lowest BCUT2D eigenvalue weighted by atomic mass is 10.2. The van der Waals surface area contributed by atoms with E-state index in [1.54, 1.807) is 12.1 Å². The molecule has 96 valence electrons. The van der Waals surface area contributed by atoms with E-state index in [0.29, 0.717) is 12.1 Å². The minimum atomic E-state index is -0.457. The average molecular weight is 314 g/mol. The van der Waals surface area contributed by atoms with E-state index in [1.165, 1.54) is 0 Å². The molecule has 0 unspecified atom stereocenters. The number of carbonyl (C=O) groups is 2. The largest absolute Gasteiger partial charge is 0.444 e. The fourth-order valence-electron chi connectivity index (χ4n) is 2.72. The van der Waals surface area contributed by atoms with E-state index >= 15 is 0 Å². The molecule has 7 heteroatoms. The Hall–Kier alpha value is -1.50. The fourth-order valence-corrected chi connectivity index (χ4v) is 3.66. The zero-order valence-corrected chi connectivity index (χ0v) is 11.0. The van der Waals surface area contributed by atoms with Crippen molar-refractivity contribution in [2.24, 2.45) is 5.73 Å². The number of fused-ring (bicyclic) bond motifs is 1. The molecule has 1 saturated heterocycles. The Labute approximate surface area is 112 Å². The van der Waals surface area contributed by atoms with Crippen LogP contribution in [-0.2, 0) is 4.74 Å². The van der Waals surface area contributed by atoms with Crippen LogP contribution in [0.25, 0.3) is 0 Å². The van der Waals surface area contributed by atoms with Gasteiger partial charge < -0.3 is 20.4 Å². The van der Waals surface area contributed by atoms with E-state index in [0.717, 1.165) is 0 Å². The number of halogens is 1. The molecule has 1 aromatic heterocycles. The Morgan fingerprint density at radius 3 is 3.06 bits per heavy atom. The molecule has 2 amide bonds. The molecular formula is C11H12BrN3O3. The molecule has 4 atom stereocenters. The zero-order chi connectivity index (χ0) is 12.9. The molecule has 1 saturated carbocycles. The number of primary amides is 1. The Kier molecular flexibility index (Phi) is 2.58. The summed E-state index contributed by atoms with van der Waals surface area (Å²) in [5, 5.41) is 2.77. The maximum atomic E-state index is 11.3. The van der Waals surface area contributed by atoms with Gasteiger partial charge in [-0.1, -0.05) is 15.9 Å². The second-order valence-electron chi connectivity index (χ2n) is 4.53. The first-order valence-electron chi connectivity index (χ1n) is 5.66. The number of hydrogen-bond acceptors (Lipinski definition) is 3. The van der Waals surface area contributed by atoms with Crippen molar-refractivity contribution in [3.8, 4) is 0 Å². The summed E-state index contributed by atoms with van der Waals surface area (Å²) in [5.74, 6) is -0.457. The first-order chi connectivity index (χ1) is 8.58. The predicted octanol–water partition coefficient (Wildman–Crippen LogP) is 0.772. The molecule has 3 rings (SSSR count). The molecule has 2 aliphatic rings. The smallest absolute Gasteiger partial charge is 0.407 e. The summed E-state index contributed by atoms with van der Waals surface area (Å²) in [6.45, 7) is 0. The van der Waals surface area contributed by atoms with Gasteiger partial charge in [-0.2, -0.15) is 0 Å². The van der Waals surface area contributed by atoms with Gasteiger partial charge in [0.2, 0.25) is 0 Å². The Balaban J connectivity index is 1.89. The number of alkyl carbamates (subject to hydrolysis) is 1. The topological polar surface area (TPSA) is 86.3 Å². The fraction of sp³-hybridized carbons (Fsp3) is 0.455. The minimum absolute atomic E-state index is 0.0134. The first kappa shape index (κ1) is 11.6. The summed E-state index contributed by atoms with van der Waals surface area (Å²) >= 11 is 3.58. The minimum Gasteiger partial charge on any atom is -0.444 e. The number of alkyl halides is 1. The number of amides is 2. The number of nitrogens with zero attached hydrogens (tertiary/aromatic N) is 1. The van der Waals surface area contributed by atoms with Gasteiger partial charge in [0.15, 0.2) is 0 Å². The molecule has 3 N–H and O–H groups in total. The Morgan fingerprint density at radius 1 is 1.61 bits per heavy atom. The van der Waals surface area contributed by atoms with Crippen molar-refractivity contribution >= 4 is 27.9 Å². The van der Waals surface area contributed by atoms with E-state index in [1.807, 2.05) is 10.8 Å². The third kappa shape index (κ3) is 1.61. The van der Waals surface area contributed by atoms with Crippen molar-refractivity contribution in [3.05, 3.63) is 24.0 Å². The summed E-state index contributed by atoms with van der Waals surface area (Å²) in [6, 6.07) is 3.45. The summed E-state index contributed by atoms with van der Waals surface area (Å²) in [5.41, 5.74) is 5.80. The van der Waals surface area contributed by atoms with Gasteiger partial charge in [0.1, 0.15) is 11.8 Å². The highest BCUT2D eigenvalue weighted by molar-refractivity contribution is 9.09. The van der Waals surface area contributed by atoms with Crippen molar-refractivity contribution < 1.29 is 14.3 Å². The molecule has 1 aliphatic carbocycles. The van der Waals surface area contributed by atoms with Crippen molar-refractivity contribution in [1.82, 2.24) is 9.88 Å². The Bertz CT molecular complexity index is 515. The average Bonchev–Trinajstić information content (AvgIpc) is 2.95. The lowest BCUT2D eigenvalue weighted by molar-refractivity contribution is 0.0986. The lowest BCUT2D eigenvalue weighted by Crippen LogP contribution is -2.36. The molecule has 6 nitrogen and oxygen atoms in total. The standard InChI is InChI=1S/C11H12BrN3O3/c12-8-6(4-7-9(8)14-11(17)18-7)15-3-1-2-5(15)10(13)16/h1-3,6-9H,4H2,(H2,13,16)(H,14,17)/t6-,7-,8+,9-/m1/s1. The van der Waals surface area contributed by atoms with Gasteiger partial charge in [-0.25, -0.2) is 4.79 Å². The maximum absolute atomic E-state index is 11.3. The zero-order valence-electron chi connectivity index (χ0n) is 9.38.